The highest BCUT2D eigenvalue weighted by molar-refractivity contribution is 5.93. The number of benzene rings is 1. The van der Waals surface area contributed by atoms with Gasteiger partial charge in [0.1, 0.15) is 5.69 Å². The van der Waals surface area contributed by atoms with Crippen molar-refractivity contribution in [1.82, 2.24) is 10.3 Å². The summed E-state index contributed by atoms with van der Waals surface area (Å²) in [5.74, 6) is -0.177. The summed E-state index contributed by atoms with van der Waals surface area (Å²) in [5.41, 5.74) is 3.52. The van der Waals surface area contributed by atoms with Crippen LogP contribution in [0.5, 0.6) is 0 Å². The van der Waals surface area contributed by atoms with Gasteiger partial charge in [-0.05, 0) is 35.6 Å². The summed E-state index contributed by atoms with van der Waals surface area (Å²) >= 11 is 0. The van der Waals surface area contributed by atoms with Crippen molar-refractivity contribution < 1.29 is 9.53 Å². The second-order valence-electron chi connectivity index (χ2n) is 6.95. The van der Waals surface area contributed by atoms with Crippen LogP contribution in [-0.2, 0) is 10.2 Å². The van der Waals surface area contributed by atoms with Gasteiger partial charge in [-0.15, -0.1) is 0 Å². The Balaban J connectivity index is 2.11. The molecule has 1 aromatic carbocycles. The molecule has 0 spiro atoms. The van der Waals surface area contributed by atoms with Crippen LogP contribution in [0.2, 0.25) is 0 Å². The van der Waals surface area contributed by atoms with E-state index in [4.69, 9.17) is 4.74 Å². The number of nitrogens with one attached hydrogen (secondary N) is 2. The van der Waals surface area contributed by atoms with Crippen LogP contribution < -0.4 is 10.6 Å². The predicted octanol–water partition coefficient (Wildman–Crippen LogP) is 3.89. The molecule has 0 saturated carbocycles. The molecule has 1 amide bonds. The molecule has 0 aliphatic carbocycles. The molecule has 1 aromatic heterocycles. The maximum atomic E-state index is 12.2. The molecule has 0 saturated heterocycles. The molecular weight excluding hydrogens is 314 g/mol. The molecule has 0 unspecified atom stereocenters. The number of para-hydroxylation sites is 1. The summed E-state index contributed by atoms with van der Waals surface area (Å²) in [7, 11) is 1.65. The number of methoxy groups -OCH3 is 1. The first-order chi connectivity index (χ1) is 11.9. The number of nitrogens with zero attached hydrogens (tertiary/aromatic N) is 1. The van der Waals surface area contributed by atoms with Gasteiger partial charge in [0.15, 0.2) is 0 Å². The van der Waals surface area contributed by atoms with Gasteiger partial charge in [0, 0.05) is 37.8 Å². The van der Waals surface area contributed by atoms with Crippen molar-refractivity contribution in [3.63, 3.8) is 0 Å². The lowest BCUT2D eigenvalue weighted by Crippen LogP contribution is -2.26. The number of anilines is 2. The maximum Gasteiger partial charge on any atom is 0.269 e. The summed E-state index contributed by atoms with van der Waals surface area (Å²) in [6, 6.07) is 11.8. The third kappa shape index (κ3) is 5.57. The Labute approximate surface area is 149 Å². The average molecular weight is 341 g/mol. The molecule has 0 bridgehead atoms. The lowest BCUT2D eigenvalue weighted by Gasteiger charge is -2.23. The minimum absolute atomic E-state index is 0.0260. The van der Waals surface area contributed by atoms with E-state index in [1.807, 2.05) is 24.3 Å². The van der Waals surface area contributed by atoms with E-state index in [0.29, 0.717) is 18.8 Å². The highest BCUT2D eigenvalue weighted by Crippen LogP contribution is 2.31. The number of amides is 1. The Morgan fingerprint density at radius 1 is 1.20 bits per heavy atom. The number of rotatable bonds is 7. The highest BCUT2D eigenvalue weighted by atomic mass is 16.5. The minimum atomic E-state index is -0.177. The smallest absolute Gasteiger partial charge is 0.269 e. The Bertz CT molecular complexity index is 708. The Morgan fingerprint density at radius 2 is 1.96 bits per heavy atom. The van der Waals surface area contributed by atoms with Crippen molar-refractivity contribution in [3.05, 3.63) is 53.9 Å². The Kier molecular flexibility index (Phi) is 6.53. The fraction of sp³-hybridized carbons (Fsp3) is 0.400. The minimum Gasteiger partial charge on any atom is -0.385 e. The summed E-state index contributed by atoms with van der Waals surface area (Å²) in [6.45, 7) is 7.73. The van der Waals surface area contributed by atoms with Gasteiger partial charge in [-0.1, -0.05) is 39.0 Å². The molecule has 2 rings (SSSR count). The monoisotopic (exact) mass is 341 g/mol. The standard InChI is InChI=1S/C20H27N3O2/c1-20(2,3)16-8-5-6-9-17(16)23-15-10-12-21-18(14-15)19(24)22-11-7-13-25-4/h5-6,8-10,12,14H,7,11,13H2,1-4H3,(H,21,23)(H,22,24). The van der Waals surface area contributed by atoms with E-state index >= 15 is 0 Å². The van der Waals surface area contributed by atoms with Crippen molar-refractivity contribution >= 4 is 17.3 Å². The summed E-state index contributed by atoms with van der Waals surface area (Å²) in [4.78, 5) is 16.4. The third-order valence-electron chi connectivity index (χ3n) is 3.82. The van der Waals surface area contributed by atoms with Crippen molar-refractivity contribution in [1.29, 1.82) is 0 Å². The SMILES string of the molecule is COCCCNC(=O)c1cc(Nc2ccccc2C(C)(C)C)ccn1. The molecule has 5 heteroatoms. The van der Waals surface area contributed by atoms with Crippen LogP contribution >= 0.6 is 0 Å². The van der Waals surface area contributed by atoms with Crippen molar-refractivity contribution in [2.45, 2.75) is 32.6 Å². The molecule has 0 fully saturated rings. The molecule has 0 radical (unpaired) electrons. The second-order valence-corrected chi connectivity index (χ2v) is 6.95. The number of ether oxygens (including phenoxy) is 1. The van der Waals surface area contributed by atoms with Crippen molar-refractivity contribution in [2.24, 2.45) is 0 Å². The predicted molar refractivity (Wildman–Crippen MR) is 101 cm³/mol. The molecule has 5 nitrogen and oxygen atoms in total. The first-order valence-corrected chi connectivity index (χ1v) is 8.51. The molecule has 0 atom stereocenters. The molecule has 2 N–H and O–H groups in total. The largest absolute Gasteiger partial charge is 0.385 e. The third-order valence-corrected chi connectivity index (χ3v) is 3.82. The van der Waals surface area contributed by atoms with Crippen LogP contribution in [0.25, 0.3) is 0 Å². The zero-order chi connectivity index (χ0) is 18.3. The van der Waals surface area contributed by atoms with Gasteiger partial charge in [0.25, 0.3) is 5.91 Å². The Hall–Kier alpha value is -2.40. The molecule has 134 valence electrons. The number of aromatic nitrogens is 1. The van der Waals surface area contributed by atoms with Crippen LogP contribution in [0.4, 0.5) is 11.4 Å². The molecular formula is C20H27N3O2. The lowest BCUT2D eigenvalue weighted by atomic mass is 9.86. The van der Waals surface area contributed by atoms with Gasteiger partial charge in [0.2, 0.25) is 0 Å². The Morgan fingerprint density at radius 3 is 2.68 bits per heavy atom. The van der Waals surface area contributed by atoms with E-state index < -0.39 is 0 Å². The topological polar surface area (TPSA) is 63.2 Å². The molecule has 0 aliphatic heterocycles. The number of carbonyl (C=O) groups is 1. The van der Waals surface area contributed by atoms with Gasteiger partial charge >= 0.3 is 0 Å². The van der Waals surface area contributed by atoms with Crippen molar-refractivity contribution in [2.75, 3.05) is 25.6 Å². The fourth-order valence-corrected chi connectivity index (χ4v) is 2.54. The van der Waals surface area contributed by atoms with E-state index in [2.05, 4.69) is 42.5 Å². The molecule has 0 aliphatic rings. The van der Waals surface area contributed by atoms with Gasteiger partial charge in [-0.3, -0.25) is 9.78 Å². The summed E-state index contributed by atoms with van der Waals surface area (Å²) < 4.78 is 4.98. The summed E-state index contributed by atoms with van der Waals surface area (Å²) in [6.07, 6.45) is 2.42. The zero-order valence-corrected chi connectivity index (χ0v) is 15.4. The maximum absolute atomic E-state index is 12.2. The first kappa shape index (κ1) is 18.9. The highest BCUT2D eigenvalue weighted by Gasteiger charge is 2.17. The van der Waals surface area contributed by atoms with Crippen molar-refractivity contribution in [3.8, 4) is 0 Å². The van der Waals surface area contributed by atoms with E-state index in [1.165, 1.54) is 5.56 Å². The average Bonchev–Trinajstić information content (AvgIpc) is 2.58. The van der Waals surface area contributed by atoms with Gasteiger partial charge < -0.3 is 15.4 Å². The van der Waals surface area contributed by atoms with Crippen LogP contribution in [0.1, 0.15) is 43.2 Å². The molecule has 1 heterocycles. The van der Waals surface area contributed by atoms with Crippen LogP contribution in [-0.4, -0.2) is 31.2 Å². The van der Waals surface area contributed by atoms with E-state index in [9.17, 15) is 4.79 Å². The van der Waals surface area contributed by atoms with E-state index in [-0.39, 0.29) is 11.3 Å². The quantitative estimate of drug-likeness (QED) is 0.750. The number of hydrogen-bond donors (Lipinski definition) is 2. The number of pyridine rings is 1. The van der Waals surface area contributed by atoms with Gasteiger partial charge in [0.05, 0.1) is 0 Å². The zero-order valence-electron chi connectivity index (χ0n) is 15.4. The normalized spacial score (nSPS) is 11.2. The first-order valence-electron chi connectivity index (χ1n) is 8.51. The molecule has 25 heavy (non-hydrogen) atoms. The number of hydrogen-bond acceptors (Lipinski definition) is 4. The fourth-order valence-electron chi connectivity index (χ4n) is 2.54. The van der Waals surface area contributed by atoms with Crippen LogP contribution in [0.15, 0.2) is 42.6 Å². The number of carbonyl (C=O) groups excluding carboxylic acids is 1. The lowest BCUT2D eigenvalue weighted by molar-refractivity contribution is 0.0943. The second kappa shape index (κ2) is 8.62. The van der Waals surface area contributed by atoms with Gasteiger partial charge in [-0.2, -0.15) is 0 Å². The molecule has 2 aromatic rings. The van der Waals surface area contributed by atoms with Crippen LogP contribution in [0, 0.1) is 0 Å². The van der Waals surface area contributed by atoms with E-state index in [0.717, 1.165) is 17.8 Å². The summed E-state index contributed by atoms with van der Waals surface area (Å²) in [5, 5.41) is 6.26. The van der Waals surface area contributed by atoms with E-state index in [1.54, 1.807) is 19.4 Å². The van der Waals surface area contributed by atoms with Crippen LogP contribution in [0.3, 0.4) is 0 Å². The van der Waals surface area contributed by atoms with Gasteiger partial charge in [-0.25, -0.2) is 0 Å².